The number of hydrogen-bond acceptors (Lipinski definition) is 6. The summed E-state index contributed by atoms with van der Waals surface area (Å²) in [5.41, 5.74) is 0. The van der Waals surface area contributed by atoms with Crippen LogP contribution in [0.15, 0.2) is 23.1 Å². The number of carbonyl (C=O) groups excluding carboxylic acids is 1. The van der Waals surface area contributed by atoms with Gasteiger partial charge in [-0.1, -0.05) is 0 Å². The van der Waals surface area contributed by atoms with E-state index in [0.29, 0.717) is 5.75 Å². The first-order valence-electron chi connectivity index (χ1n) is 4.52. The van der Waals surface area contributed by atoms with E-state index in [1.807, 2.05) is 0 Å². The Morgan fingerprint density at radius 1 is 1.12 bits per heavy atom. The van der Waals surface area contributed by atoms with Crippen molar-refractivity contribution in [3.63, 3.8) is 0 Å². The zero-order valence-electron chi connectivity index (χ0n) is 9.59. The van der Waals surface area contributed by atoms with Gasteiger partial charge in [-0.25, -0.2) is 13.2 Å². The van der Waals surface area contributed by atoms with Crippen LogP contribution >= 0.6 is 0 Å². The summed E-state index contributed by atoms with van der Waals surface area (Å²) in [5.74, 6) is 0.351. The summed E-state index contributed by atoms with van der Waals surface area (Å²) in [4.78, 5) is 10.9. The zero-order chi connectivity index (χ0) is 13.1. The van der Waals surface area contributed by atoms with Crippen molar-refractivity contribution in [3.05, 3.63) is 18.2 Å². The van der Waals surface area contributed by atoms with Gasteiger partial charge in [-0.15, -0.1) is 0 Å². The molecule has 0 aliphatic rings. The van der Waals surface area contributed by atoms with Crippen LogP contribution in [0.25, 0.3) is 0 Å². The number of benzene rings is 1. The average molecular weight is 260 g/mol. The first-order valence-corrected chi connectivity index (χ1v) is 6.00. The van der Waals surface area contributed by atoms with Gasteiger partial charge in [0.05, 0.1) is 21.3 Å². The van der Waals surface area contributed by atoms with Crippen LogP contribution in [0, 0.1) is 0 Å². The van der Waals surface area contributed by atoms with Gasteiger partial charge in [0, 0.05) is 6.07 Å². The number of hydrogen-bond donors (Lipinski definition) is 0. The molecule has 6 nitrogen and oxygen atoms in total. The maximum Gasteiger partial charge on any atom is 0.429 e. The molecule has 7 heteroatoms. The van der Waals surface area contributed by atoms with E-state index in [4.69, 9.17) is 9.47 Å². The highest BCUT2D eigenvalue weighted by molar-refractivity contribution is 8.05. The molecule has 0 aliphatic carbocycles. The lowest BCUT2D eigenvalue weighted by Crippen LogP contribution is -2.15. The van der Waals surface area contributed by atoms with Crippen molar-refractivity contribution in [2.75, 3.05) is 21.3 Å². The van der Waals surface area contributed by atoms with Crippen molar-refractivity contribution in [1.82, 2.24) is 0 Å². The Labute approximate surface area is 99.0 Å². The quantitative estimate of drug-likeness (QED) is 0.761. The van der Waals surface area contributed by atoms with Gasteiger partial charge >= 0.3 is 5.30 Å². The molecular weight excluding hydrogens is 248 g/mol. The van der Waals surface area contributed by atoms with Gasteiger partial charge in [-0.3, -0.25) is 0 Å². The molecule has 1 aromatic rings. The van der Waals surface area contributed by atoms with E-state index in [0.717, 1.165) is 7.11 Å². The Bertz CT molecular complexity index is 520. The van der Waals surface area contributed by atoms with E-state index in [-0.39, 0.29) is 10.6 Å². The first-order chi connectivity index (χ1) is 7.97. The molecule has 0 radical (unpaired) electrons. The van der Waals surface area contributed by atoms with Crippen molar-refractivity contribution in [2.45, 2.75) is 4.90 Å². The maximum atomic E-state index is 11.8. The lowest BCUT2D eigenvalue weighted by molar-refractivity contribution is 0.197. The minimum atomic E-state index is -4.23. The average Bonchev–Trinajstić information content (AvgIpc) is 2.36. The fraction of sp³-hybridized carbons (Fsp3) is 0.300. The van der Waals surface area contributed by atoms with Crippen LogP contribution in [-0.2, 0) is 14.6 Å². The van der Waals surface area contributed by atoms with Gasteiger partial charge in [0.15, 0.2) is 0 Å². The van der Waals surface area contributed by atoms with Crippen molar-refractivity contribution in [1.29, 1.82) is 0 Å². The summed E-state index contributed by atoms with van der Waals surface area (Å²) < 4.78 is 37.6. The molecule has 0 fully saturated rings. The monoisotopic (exact) mass is 260 g/mol. The summed E-state index contributed by atoms with van der Waals surface area (Å²) in [6.45, 7) is 0. The number of rotatable bonds is 3. The smallest absolute Gasteiger partial charge is 0.429 e. The Morgan fingerprint density at radius 2 is 1.76 bits per heavy atom. The summed E-state index contributed by atoms with van der Waals surface area (Å²) in [5, 5.41) is -1.34. The minimum absolute atomic E-state index is 0.0520. The molecule has 0 aromatic heterocycles. The Balaban J connectivity index is 3.42. The summed E-state index contributed by atoms with van der Waals surface area (Å²) >= 11 is 0. The first kappa shape index (κ1) is 13.3. The second-order valence-electron chi connectivity index (χ2n) is 2.97. The molecule has 0 amide bonds. The highest BCUT2D eigenvalue weighted by atomic mass is 32.2. The van der Waals surface area contributed by atoms with E-state index in [2.05, 4.69) is 4.74 Å². The number of sulfone groups is 1. The summed E-state index contributed by atoms with van der Waals surface area (Å²) in [6, 6.07) is 4.12. The summed E-state index contributed by atoms with van der Waals surface area (Å²) in [7, 11) is -0.549. The predicted molar refractivity (Wildman–Crippen MR) is 59.1 cm³/mol. The lowest BCUT2D eigenvalue weighted by Gasteiger charge is -2.09. The molecule has 0 heterocycles. The Hall–Kier alpha value is -1.76. The van der Waals surface area contributed by atoms with Crippen molar-refractivity contribution >= 4 is 15.1 Å². The van der Waals surface area contributed by atoms with Crippen LogP contribution in [0.5, 0.6) is 11.5 Å². The topological polar surface area (TPSA) is 78.9 Å². The van der Waals surface area contributed by atoms with Crippen LogP contribution in [-0.4, -0.2) is 35.0 Å². The summed E-state index contributed by atoms with van der Waals surface area (Å²) in [6.07, 6.45) is 0. The maximum absolute atomic E-state index is 11.8. The third-order valence-corrected chi connectivity index (χ3v) is 3.55. The predicted octanol–water partition coefficient (Wildman–Crippen LogP) is 1.24. The van der Waals surface area contributed by atoms with Crippen LogP contribution in [0.4, 0.5) is 4.79 Å². The van der Waals surface area contributed by atoms with E-state index < -0.39 is 15.1 Å². The second-order valence-corrected chi connectivity index (χ2v) is 4.75. The lowest BCUT2D eigenvalue weighted by atomic mass is 10.3. The molecule has 94 valence electrons. The largest absolute Gasteiger partial charge is 0.497 e. The molecule has 0 atom stereocenters. The van der Waals surface area contributed by atoms with Gasteiger partial charge in [-0.05, 0) is 12.1 Å². The highest BCUT2D eigenvalue weighted by Crippen LogP contribution is 2.29. The Morgan fingerprint density at radius 3 is 2.24 bits per heavy atom. The highest BCUT2D eigenvalue weighted by Gasteiger charge is 2.29. The number of methoxy groups -OCH3 is 3. The van der Waals surface area contributed by atoms with Crippen LogP contribution < -0.4 is 9.47 Å². The molecule has 1 rings (SSSR count). The molecule has 0 spiro atoms. The molecule has 0 aliphatic heterocycles. The van der Waals surface area contributed by atoms with Gasteiger partial charge < -0.3 is 14.2 Å². The molecule has 1 aromatic carbocycles. The molecule has 0 unspecified atom stereocenters. The van der Waals surface area contributed by atoms with E-state index in [9.17, 15) is 13.2 Å². The minimum Gasteiger partial charge on any atom is -0.497 e. The number of ether oxygens (including phenoxy) is 3. The standard InChI is InChI=1S/C10H12O6S/c1-14-7-4-5-8(15-2)9(6-7)17(12,13)10(11)16-3/h4-6H,1-3H3. The normalized spacial score (nSPS) is 10.8. The van der Waals surface area contributed by atoms with Crippen molar-refractivity contribution in [2.24, 2.45) is 0 Å². The van der Waals surface area contributed by atoms with E-state index >= 15 is 0 Å². The fourth-order valence-electron chi connectivity index (χ4n) is 1.19. The third-order valence-electron chi connectivity index (χ3n) is 2.05. The van der Waals surface area contributed by atoms with Gasteiger partial charge in [0.1, 0.15) is 16.4 Å². The van der Waals surface area contributed by atoms with Gasteiger partial charge in [0.2, 0.25) is 0 Å². The molecule has 0 saturated heterocycles. The van der Waals surface area contributed by atoms with Crippen molar-refractivity contribution < 1.29 is 27.4 Å². The second kappa shape index (κ2) is 5.05. The number of carbonyl (C=O) groups is 1. The van der Waals surface area contributed by atoms with Crippen LogP contribution in [0.1, 0.15) is 0 Å². The van der Waals surface area contributed by atoms with Gasteiger partial charge in [0.25, 0.3) is 9.84 Å². The molecule has 17 heavy (non-hydrogen) atoms. The van der Waals surface area contributed by atoms with E-state index in [1.165, 1.54) is 32.4 Å². The SMILES string of the molecule is COC(=O)S(=O)(=O)c1cc(OC)ccc1OC. The Kier molecular flexibility index (Phi) is 3.95. The molecule has 0 saturated carbocycles. The van der Waals surface area contributed by atoms with Crippen LogP contribution in [0.2, 0.25) is 0 Å². The molecule has 0 bridgehead atoms. The van der Waals surface area contributed by atoms with Crippen LogP contribution in [0.3, 0.4) is 0 Å². The fourth-order valence-corrected chi connectivity index (χ4v) is 2.28. The van der Waals surface area contributed by atoms with E-state index in [1.54, 1.807) is 0 Å². The van der Waals surface area contributed by atoms with Gasteiger partial charge in [-0.2, -0.15) is 0 Å². The zero-order valence-corrected chi connectivity index (χ0v) is 10.4. The molecular formula is C10H12O6S. The molecule has 0 N–H and O–H groups in total. The third kappa shape index (κ3) is 2.50. The van der Waals surface area contributed by atoms with Crippen molar-refractivity contribution in [3.8, 4) is 11.5 Å².